The largest absolute Gasteiger partial charge is 0.463 e. The summed E-state index contributed by atoms with van der Waals surface area (Å²) in [5, 5.41) is 0. The average molecular weight is 157 g/mol. The van der Waals surface area contributed by atoms with Gasteiger partial charge in [-0.3, -0.25) is 10.3 Å². The normalized spacial score (nSPS) is 19.9. The number of hydroxylamine groups is 1. The molecule has 0 aliphatic carbocycles. The summed E-state index contributed by atoms with van der Waals surface area (Å²) in [6.45, 7) is 2.80. The minimum absolute atomic E-state index is 0.319. The maximum atomic E-state index is 10.8. The summed E-state index contributed by atoms with van der Waals surface area (Å²) in [5.74, 6) is -0.319. The van der Waals surface area contributed by atoms with E-state index in [2.05, 4.69) is 5.48 Å². The molecule has 62 valence electrons. The van der Waals surface area contributed by atoms with E-state index in [4.69, 9.17) is 9.57 Å². The quantitative estimate of drug-likeness (QED) is 0.464. The summed E-state index contributed by atoms with van der Waals surface area (Å²) in [6.07, 6.45) is 2.16. The molecule has 1 saturated heterocycles. The van der Waals surface area contributed by atoms with Gasteiger partial charge in [0.2, 0.25) is 0 Å². The molecule has 1 aliphatic heterocycles. The second-order valence-corrected chi connectivity index (χ2v) is 2.12. The van der Waals surface area contributed by atoms with Crippen LogP contribution in [0, 0.1) is 0 Å². The van der Waals surface area contributed by atoms with E-state index in [0.29, 0.717) is 13.2 Å². The first kappa shape index (κ1) is 8.07. The Labute approximate surface area is 65.1 Å². The lowest BCUT2D eigenvalue weighted by atomic mass is 10.3. The van der Waals surface area contributed by atoms with Crippen LogP contribution in [0.5, 0.6) is 0 Å². The second kappa shape index (κ2) is 3.98. The molecule has 0 saturated carbocycles. The van der Waals surface area contributed by atoms with Crippen LogP contribution >= 0.6 is 0 Å². The van der Waals surface area contributed by atoms with Crippen LogP contribution in [0.25, 0.3) is 0 Å². The van der Waals surface area contributed by atoms with Crippen molar-refractivity contribution in [1.82, 2.24) is 5.48 Å². The van der Waals surface area contributed by atoms with Crippen molar-refractivity contribution in [3.8, 4) is 0 Å². The molecule has 0 spiro atoms. The first-order valence-electron chi connectivity index (χ1n) is 3.58. The zero-order valence-corrected chi connectivity index (χ0v) is 6.42. The highest BCUT2D eigenvalue weighted by molar-refractivity contribution is 5.82. The lowest BCUT2D eigenvalue weighted by Crippen LogP contribution is -2.06. The summed E-state index contributed by atoms with van der Waals surface area (Å²) >= 11 is 0. The van der Waals surface area contributed by atoms with Gasteiger partial charge >= 0.3 is 5.97 Å². The molecule has 0 aromatic rings. The Morgan fingerprint density at radius 1 is 1.91 bits per heavy atom. The first-order chi connectivity index (χ1) is 5.33. The average Bonchev–Trinajstić information content (AvgIpc) is 2.40. The van der Waals surface area contributed by atoms with Gasteiger partial charge in [-0.15, -0.1) is 0 Å². The van der Waals surface area contributed by atoms with Crippen LogP contribution in [0.1, 0.15) is 13.3 Å². The zero-order valence-electron chi connectivity index (χ0n) is 6.42. The van der Waals surface area contributed by atoms with Crippen LogP contribution in [0.3, 0.4) is 0 Å². The molecular formula is C7H11NO3. The third kappa shape index (κ3) is 2.59. The number of rotatable bonds is 2. The Morgan fingerprint density at radius 3 is 3.27 bits per heavy atom. The molecule has 11 heavy (non-hydrogen) atoms. The number of ether oxygens (including phenoxy) is 1. The van der Waals surface area contributed by atoms with Gasteiger partial charge in [-0.05, 0) is 6.92 Å². The smallest absolute Gasteiger partial charge is 0.332 e. The molecule has 0 atom stereocenters. The number of hydrogen-bond acceptors (Lipinski definition) is 4. The zero-order chi connectivity index (χ0) is 8.10. The molecule has 1 rings (SSSR count). The number of hydrogen-bond donors (Lipinski definition) is 1. The van der Waals surface area contributed by atoms with Gasteiger partial charge in [0.25, 0.3) is 0 Å². The number of carbonyl (C=O) groups is 1. The Hall–Kier alpha value is -1.03. The predicted molar refractivity (Wildman–Crippen MR) is 38.4 cm³/mol. The standard InChI is InChI=1S/C7H11NO3/c1-2-10-7(9)5-6-3-4-11-8-6/h5,8H,2-4H2,1H3/b6-5+. The number of carbonyl (C=O) groups excluding carboxylic acids is 1. The van der Waals surface area contributed by atoms with Gasteiger partial charge in [-0.2, -0.15) is 0 Å². The molecular weight excluding hydrogens is 146 g/mol. The first-order valence-corrected chi connectivity index (χ1v) is 3.58. The maximum absolute atomic E-state index is 10.8. The third-order valence-electron chi connectivity index (χ3n) is 1.26. The van der Waals surface area contributed by atoms with Gasteiger partial charge in [0.15, 0.2) is 0 Å². The van der Waals surface area contributed by atoms with Crippen molar-refractivity contribution in [1.29, 1.82) is 0 Å². The highest BCUT2D eigenvalue weighted by Crippen LogP contribution is 2.04. The van der Waals surface area contributed by atoms with Crippen molar-refractivity contribution in [3.05, 3.63) is 11.8 Å². The summed E-state index contributed by atoms with van der Waals surface area (Å²) < 4.78 is 4.69. The van der Waals surface area contributed by atoms with Crippen LogP contribution < -0.4 is 5.48 Å². The van der Waals surface area contributed by atoms with E-state index >= 15 is 0 Å². The fraction of sp³-hybridized carbons (Fsp3) is 0.571. The van der Waals surface area contributed by atoms with Gasteiger partial charge in [0.05, 0.1) is 13.2 Å². The van der Waals surface area contributed by atoms with Crippen LogP contribution in [0.15, 0.2) is 11.8 Å². The molecule has 1 heterocycles. The van der Waals surface area contributed by atoms with E-state index in [-0.39, 0.29) is 5.97 Å². The fourth-order valence-electron chi connectivity index (χ4n) is 0.784. The Kier molecular flexibility index (Phi) is 2.92. The van der Waals surface area contributed by atoms with Crippen molar-refractivity contribution in [2.75, 3.05) is 13.2 Å². The number of nitrogens with one attached hydrogen (secondary N) is 1. The highest BCUT2D eigenvalue weighted by Gasteiger charge is 2.07. The van der Waals surface area contributed by atoms with E-state index in [9.17, 15) is 4.79 Å². The summed E-state index contributed by atoms with van der Waals surface area (Å²) in [7, 11) is 0. The van der Waals surface area contributed by atoms with Crippen LogP contribution in [-0.2, 0) is 14.4 Å². The highest BCUT2D eigenvalue weighted by atomic mass is 16.7. The molecule has 0 bridgehead atoms. The monoisotopic (exact) mass is 157 g/mol. The molecule has 1 N–H and O–H groups in total. The van der Waals surface area contributed by atoms with Crippen molar-refractivity contribution in [3.63, 3.8) is 0 Å². The van der Waals surface area contributed by atoms with Crippen molar-refractivity contribution < 1.29 is 14.4 Å². The lowest BCUT2D eigenvalue weighted by molar-refractivity contribution is -0.137. The molecule has 1 fully saturated rings. The number of esters is 1. The minimum atomic E-state index is -0.319. The Bertz CT molecular complexity index is 169. The van der Waals surface area contributed by atoms with E-state index in [1.807, 2.05) is 0 Å². The molecule has 0 radical (unpaired) electrons. The molecule has 0 aromatic carbocycles. The SMILES string of the molecule is CCOC(=O)/C=C1\CCON1. The second-order valence-electron chi connectivity index (χ2n) is 2.12. The minimum Gasteiger partial charge on any atom is -0.463 e. The van der Waals surface area contributed by atoms with E-state index in [1.165, 1.54) is 6.08 Å². The van der Waals surface area contributed by atoms with E-state index in [0.717, 1.165) is 12.1 Å². The summed E-state index contributed by atoms with van der Waals surface area (Å²) in [4.78, 5) is 15.6. The molecule has 0 unspecified atom stereocenters. The fourth-order valence-corrected chi connectivity index (χ4v) is 0.784. The van der Waals surface area contributed by atoms with E-state index in [1.54, 1.807) is 6.92 Å². The lowest BCUT2D eigenvalue weighted by Gasteiger charge is -1.97. The van der Waals surface area contributed by atoms with Crippen LogP contribution in [0.2, 0.25) is 0 Å². The Balaban J connectivity index is 2.36. The van der Waals surface area contributed by atoms with E-state index < -0.39 is 0 Å². The van der Waals surface area contributed by atoms with Gasteiger partial charge in [-0.25, -0.2) is 4.79 Å². The topological polar surface area (TPSA) is 47.6 Å². The molecule has 1 aliphatic rings. The molecule has 0 amide bonds. The van der Waals surface area contributed by atoms with Crippen LogP contribution in [0.4, 0.5) is 0 Å². The molecule has 0 aromatic heterocycles. The Morgan fingerprint density at radius 2 is 2.73 bits per heavy atom. The van der Waals surface area contributed by atoms with Gasteiger partial charge in [0, 0.05) is 18.2 Å². The van der Waals surface area contributed by atoms with Gasteiger partial charge in [0.1, 0.15) is 0 Å². The summed E-state index contributed by atoms with van der Waals surface area (Å²) in [5.41, 5.74) is 3.39. The van der Waals surface area contributed by atoms with Crippen LogP contribution in [-0.4, -0.2) is 19.2 Å². The predicted octanol–water partition coefficient (Wildman–Crippen LogP) is 0.358. The van der Waals surface area contributed by atoms with Gasteiger partial charge < -0.3 is 4.74 Å². The van der Waals surface area contributed by atoms with Gasteiger partial charge in [-0.1, -0.05) is 0 Å². The van der Waals surface area contributed by atoms with Crippen molar-refractivity contribution >= 4 is 5.97 Å². The molecule has 4 heteroatoms. The maximum Gasteiger partial charge on any atom is 0.332 e. The summed E-state index contributed by atoms with van der Waals surface area (Å²) in [6, 6.07) is 0. The molecule has 4 nitrogen and oxygen atoms in total. The van der Waals surface area contributed by atoms with Crippen molar-refractivity contribution in [2.24, 2.45) is 0 Å². The third-order valence-corrected chi connectivity index (χ3v) is 1.26. The van der Waals surface area contributed by atoms with Crippen molar-refractivity contribution in [2.45, 2.75) is 13.3 Å².